The molecule has 0 aromatic carbocycles. The van der Waals surface area contributed by atoms with Crippen LogP contribution in [0.25, 0.3) is 16.6 Å². The molecule has 0 N–H and O–H groups in total. The average molecular weight is 430 g/mol. The quantitative estimate of drug-likeness (QED) is 0.457. The third-order valence-corrected chi connectivity index (χ3v) is 6.77. The maximum atomic E-state index is 12.3. The van der Waals surface area contributed by atoms with E-state index in [4.69, 9.17) is 9.47 Å². The predicted molar refractivity (Wildman–Crippen MR) is 124 cm³/mol. The van der Waals surface area contributed by atoms with Gasteiger partial charge in [-0.1, -0.05) is 25.7 Å². The molecule has 6 nitrogen and oxygen atoms in total. The third kappa shape index (κ3) is 5.95. The molecule has 0 radical (unpaired) electrons. The van der Waals surface area contributed by atoms with Gasteiger partial charge in [-0.05, 0) is 50.9 Å². The predicted octanol–water partition coefficient (Wildman–Crippen LogP) is 5.37. The van der Waals surface area contributed by atoms with Gasteiger partial charge in [-0.25, -0.2) is 9.78 Å². The number of amides is 1. The lowest BCUT2D eigenvalue weighted by Gasteiger charge is -2.29. The fourth-order valence-electron chi connectivity index (χ4n) is 3.42. The number of hydrogen-bond donors (Lipinski definition) is 0. The third-order valence-electron chi connectivity index (χ3n) is 5.07. The molecule has 3 rings (SSSR count). The van der Waals surface area contributed by atoms with Crippen LogP contribution in [0.2, 0.25) is 25.7 Å². The lowest BCUT2D eigenvalue weighted by atomic mass is 10.00. The Kier molecular flexibility index (Phi) is 6.72. The maximum Gasteiger partial charge on any atom is 0.410 e. The second kappa shape index (κ2) is 8.94. The van der Waals surface area contributed by atoms with Gasteiger partial charge < -0.3 is 18.9 Å². The largest absolute Gasteiger partial charge is 0.444 e. The van der Waals surface area contributed by atoms with Gasteiger partial charge in [0.2, 0.25) is 0 Å². The molecule has 0 atom stereocenters. The van der Waals surface area contributed by atoms with Crippen LogP contribution in [0.4, 0.5) is 4.79 Å². The summed E-state index contributed by atoms with van der Waals surface area (Å²) in [4.78, 5) is 18.7. The molecule has 0 bridgehead atoms. The summed E-state index contributed by atoms with van der Waals surface area (Å²) in [5.74, 6) is 0. The van der Waals surface area contributed by atoms with Crippen LogP contribution in [0.1, 0.15) is 32.8 Å². The van der Waals surface area contributed by atoms with Gasteiger partial charge in [-0.3, -0.25) is 0 Å². The first-order valence-electron chi connectivity index (χ1n) is 10.7. The van der Waals surface area contributed by atoms with Crippen molar-refractivity contribution in [1.82, 2.24) is 14.5 Å². The van der Waals surface area contributed by atoms with Crippen LogP contribution in [-0.2, 0) is 16.2 Å². The van der Waals surface area contributed by atoms with Crippen LogP contribution in [0, 0.1) is 0 Å². The van der Waals surface area contributed by atoms with Gasteiger partial charge in [0.25, 0.3) is 0 Å². The number of hydrogen-bond acceptors (Lipinski definition) is 4. The van der Waals surface area contributed by atoms with Crippen LogP contribution in [0.5, 0.6) is 0 Å². The van der Waals surface area contributed by atoms with Crippen LogP contribution >= 0.6 is 0 Å². The highest BCUT2D eigenvalue weighted by molar-refractivity contribution is 6.76. The summed E-state index contributed by atoms with van der Waals surface area (Å²) in [7, 11) is -1.10. The van der Waals surface area contributed by atoms with Gasteiger partial charge in [-0.15, -0.1) is 0 Å². The summed E-state index contributed by atoms with van der Waals surface area (Å²) < 4.78 is 13.6. The van der Waals surface area contributed by atoms with Crippen molar-refractivity contribution in [3.8, 4) is 0 Å². The lowest BCUT2D eigenvalue weighted by Crippen LogP contribution is -2.39. The van der Waals surface area contributed by atoms with Gasteiger partial charge >= 0.3 is 6.09 Å². The minimum absolute atomic E-state index is 0.252. The Morgan fingerprint density at radius 1 is 1.27 bits per heavy atom. The standard InChI is InChI=1S/C23H35N3O3Si/c1-23(2,3)29-22(27)25-12-9-18(10-13-25)20-16-26(17-28-14-15-30(4,5)6)21-19(20)8-7-11-24-21/h7-9,11,16H,10,12-15,17H2,1-6H3. The molecule has 1 aliphatic heterocycles. The first-order chi connectivity index (χ1) is 14.0. The Labute approximate surface area is 180 Å². The molecule has 3 heterocycles. The average Bonchev–Trinajstić information content (AvgIpc) is 3.02. The summed E-state index contributed by atoms with van der Waals surface area (Å²) in [6.45, 7) is 15.3. The van der Waals surface area contributed by atoms with E-state index in [1.807, 2.05) is 33.0 Å². The Balaban J connectivity index is 1.73. The molecule has 30 heavy (non-hydrogen) atoms. The minimum atomic E-state index is -1.10. The van der Waals surface area contributed by atoms with E-state index in [9.17, 15) is 4.79 Å². The molecule has 1 aliphatic rings. The fraction of sp³-hybridized carbons (Fsp3) is 0.565. The topological polar surface area (TPSA) is 56.6 Å². The molecule has 0 unspecified atom stereocenters. The van der Waals surface area contributed by atoms with Crippen molar-refractivity contribution in [3.05, 3.63) is 36.2 Å². The number of fused-ring (bicyclic) bond motifs is 1. The van der Waals surface area contributed by atoms with Gasteiger partial charge in [0, 0.05) is 51.1 Å². The van der Waals surface area contributed by atoms with Crippen molar-refractivity contribution in [1.29, 1.82) is 0 Å². The first kappa shape index (κ1) is 22.6. The van der Waals surface area contributed by atoms with E-state index >= 15 is 0 Å². The van der Waals surface area contributed by atoms with Gasteiger partial charge in [0.15, 0.2) is 0 Å². The molecule has 1 amide bonds. The van der Waals surface area contributed by atoms with E-state index in [2.05, 4.69) is 47.5 Å². The normalized spacial score (nSPS) is 15.4. The molecule has 0 fully saturated rings. The fourth-order valence-corrected chi connectivity index (χ4v) is 4.18. The molecular weight excluding hydrogens is 394 g/mol. The molecule has 0 spiro atoms. The van der Waals surface area contributed by atoms with Crippen LogP contribution < -0.4 is 0 Å². The molecule has 0 saturated carbocycles. The first-order valence-corrected chi connectivity index (χ1v) is 14.4. The smallest absolute Gasteiger partial charge is 0.410 e. The molecule has 164 valence electrons. The van der Waals surface area contributed by atoms with Crippen molar-refractivity contribution < 1.29 is 14.3 Å². The highest BCUT2D eigenvalue weighted by atomic mass is 28.3. The Bertz CT molecular complexity index is 922. The summed E-state index contributed by atoms with van der Waals surface area (Å²) in [6.07, 6.45) is 6.64. The Hall–Kier alpha value is -2.12. The second-order valence-electron chi connectivity index (χ2n) is 10.1. The van der Waals surface area contributed by atoms with Gasteiger partial charge in [0.1, 0.15) is 18.0 Å². The number of carbonyl (C=O) groups excluding carboxylic acids is 1. The number of ether oxygens (including phenoxy) is 2. The Morgan fingerprint density at radius 3 is 2.67 bits per heavy atom. The molecular formula is C23H35N3O3Si. The lowest BCUT2D eigenvalue weighted by molar-refractivity contribution is 0.0270. The summed E-state index contributed by atoms with van der Waals surface area (Å²) >= 11 is 0. The van der Waals surface area contributed by atoms with Crippen molar-refractivity contribution in [2.24, 2.45) is 0 Å². The number of nitrogens with zero attached hydrogens (tertiary/aromatic N) is 3. The highest BCUT2D eigenvalue weighted by Gasteiger charge is 2.25. The van der Waals surface area contributed by atoms with Crippen molar-refractivity contribution in [2.75, 3.05) is 19.7 Å². The van der Waals surface area contributed by atoms with Gasteiger partial charge in [0.05, 0.1) is 0 Å². The summed E-state index contributed by atoms with van der Waals surface area (Å²) in [5.41, 5.74) is 2.88. The zero-order valence-electron chi connectivity index (χ0n) is 19.2. The second-order valence-corrected chi connectivity index (χ2v) is 15.8. The molecule has 0 aliphatic carbocycles. The van der Waals surface area contributed by atoms with Crippen molar-refractivity contribution >= 4 is 30.8 Å². The van der Waals surface area contributed by atoms with E-state index in [1.165, 1.54) is 11.1 Å². The Morgan fingerprint density at radius 2 is 2.03 bits per heavy atom. The van der Waals surface area contributed by atoms with E-state index in [1.54, 1.807) is 4.90 Å². The molecule has 2 aromatic rings. The summed E-state index contributed by atoms with van der Waals surface area (Å²) in [5, 5.41) is 1.13. The van der Waals surface area contributed by atoms with E-state index in [0.29, 0.717) is 19.8 Å². The number of aromatic nitrogens is 2. The molecule has 0 saturated heterocycles. The monoisotopic (exact) mass is 429 g/mol. The minimum Gasteiger partial charge on any atom is -0.444 e. The number of pyridine rings is 1. The zero-order valence-corrected chi connectivity index (χ0v) is 20.2. The number of rotatable bonds is 6. The van der Waals surface area contributed by atoms with E-state index < -0.39 is 13.7 Å². The van der Waals surface area contributed by atoms with E-state index in [0.717, 1.165) is 30.1 Å². The van der Waals surface area contributed by atoms with Crippen molar-refractivity contribution in [3.63, 3.8) is 0 Å². The number of carbonyl (C=O) groups is 1. The SMILES string of the molecule is CC(C)(C)OC(=O)N1CC=C(c2cn(COCC[Si](C)(C)C)c3ncccc23)CC1. The van der Waals surface area contributed by atoms with Crippen LogP contribution in [0.15, 0.2) is 30.6 Å². The highest BCUT2D eigenvalue weighted by Crippen LogP contribution is 2.30. The van der Waals surface area contributed by atoms with Crippen LogP contribution in [0.3, 0.4) is 0 Å². The van der Waals surface area contributed by atoms with Crippen LogP contribution in [-0.4, -0.2) is 53.9 Å². The van der Waals surface area contributed by atoms with Gasteiger partial charge in [-0.2, -0.15) is 0 Å². The van der Waals surface area contributed by atoms with Crippen molar-refractivity contribution in [2.45, 2.75) is 65.2 Å². The zero-order chi connectivity index (χ0) is 21.9. The molecule has 7 heteroatoms. The molecule has 2 aromatic heterocycles. The summed E-state index contributed by atoms with van der Waals surface area (Å²) in [6, 6.07) is 5.23. The van der Waals surface area contributed by atoms with E-state index in [-0.39, 0.29) is 6.09 Å². The maximum absolute atomic E-state index is 12.3.